The zero-order chi connectivity index (χ0) is 13.0. The maximum atomic E-state index is 11.6. The van der Waals surface area contributed by atoms with Crippen molar-refractivity contribution in [1.29, 1.82) is 0 Å². The van der Waals surface area contributed by atoms with E-state index in [1.54, 1.807) is 4.90 Å². The van der Waals surface area contributed by atoms with Crippen LogP contribution in [0, 0.1) is 5.92 Å². The van der Waals surface area contributed by atoms with Crippen molar-refractivity contribution in [3.8, 4) is 0 Å². The summed E-state index contributed by atoms with van der Waals surface area (Å²) in [6.45, 7) is 9.32. The van der Waals surface area contributed by atoms with E-state index in [1.807, 2.05) is 27.7 Å². The Kier molecular flexibility index (Phi) is 4.78. The van der Waals surface area contributed by atoms with Gasteiger partial charge in [-0.2, -0.15) is 0 Å². The Balaban J connectivity index is 2.34. The Morgan fingerprint density at radius 2 is 2.06 bits per heavy atom. The van der Waals surface area contributed by atoms with Gasteiger partial charge in [0.1, 0.15) is 0 Å². The number of carbonyl (C=O) groups is 2. The van der Waals surface area contributed by atoms with E-state index < -0.39 is 0 Å². The molecular weight excluding hydrogens is 218 g/mol. The van der Waals surface area contributed by atoms with Gasteiger partial charge in [-0.05, 0) is 19.8 Å². The number of likely N-dealkylation sites (tertiary alicyclic amines) is 1. The third-order valence-corrected chi connectivity index (χ3v) is 2.79. The standard InChI is InChI=1S/C12H23N3O2/c1-8(2)6-13-12(17)14-10-5-11(16)15(7-10)9(3)4/h8-10H,5-7H2,1-4H3,(H2,13,14,17)/t10-/m1/s1. The molecule has 1 rings (SSSR count). The second kappa shape index (κ2) is 5.89. The van der Waals surface area contributed by atoms with E-state index in [2.05, 4.69) is 10.6 Å². The molecule has 0 aromatic heterocycles. The highest BCUT2D eigenvalue weighted by Crippen LogP contribution is 2.13. The molecular formula is C12H23N3O2. The maximum Gasteiger partial charge on any atom is 0.315 e. The van der Waals surface area contributed by atoms with E-state index in [0.717, 1.165) is 0 Å². The fraction of sp³-hybridized carbons (Fsp3) is 0.833. The molecule has 0 radical (unpaired) electrons. The zero-order valence-corrected chi connectivity index (χ0v) is 11.1. The van der Waals surface area contributed by atoms with E-state index in [9.17, 15) is 9.59 Å². The number of hydrogen-bond donors (Lipinski definition) is 2. The van der Waals surface area contributed by atoms with Crippen LogP contribution in [0.15, 0.2) is 0 Å². The fourth-order valence-electron chi connectivity index (χ4n) is 1.86. The Morgan fingerprint density at radius 1 is 1.41 bits per heavy atom. The molecule has 2 N–H and O–H groups in total. The van der Waals surface area contributed by atoms with Gasteiger partial charge < -0.3 is 15.5 Å². The van der Waals surface area contributed by atoms with Crippen LogP contribution in [-0.2, 0) is 4.79 Å². The van der Waals surface area contributed by atoms with Crippen LogP contribution in [0.5, 0.6) is 0 Å². The molecule has 5 heteroatoms. The van der Waals surface area contributed by atoms with Gasteiger partial charge in [0.25, 0.3) is 0 Å². The molecule has 1 heterocycles. The van der Waals surface area contributed by atoms with Crippen LogP contribution >= 0.6 is 0 Å². The number of urea groups is 1. The Labute approximate surface area is 103 Å². The zero-order valence-electron chi connectivity index (χ0n) is 11.1. The van der Waals surface area contributed by atoms with Gasteiger partial charge in [0.05, 0.1) is 6.04 Å². The molecule has 98 valence electrons. The molecule has 0 aromatic carbocycles. The van der Waals surface area contributed by atoms with Crippen molar-refractivity contribution in [2.75, 3.05) is 13.1 Å². The summed E-state index contributed by atoms with van der Waals surface area (Å²) in [7, 11) is 0. The van der Waals surface area contributed by atoms with Crippen molar-refractivity contribution in [2.24, 2.45) is 5.92 Å². The third-order valence-electron chi connectivity index (χ3n) is 2.79. The topological polar surface area (TPSA) is 61.4 Å². The first-order valence-corrected chi connectivity index (χ1v) is 6.24. The molecule has 1 fully saturated rings. The Hall–Kier alpha value is -1.26. The first-order chi connectivity index (χ1) is 7.90. The summed E-state index contributed by atoms with van der Waals surface area (Å²) in [4.78, 5) is 25.0. The Morgan fingerprint density at radius 3 is 2.53 bits per heavy atom. The summed E-state index contributed by atoms with van der Waals surface area (Å²) in [5.41, 5.74) is 0. The minimum Gasteiger partial charge on any atom is -0.338 e. The SMILES string of the molecule is CC(C)CNC(=O)N[C@@H]1CC(=O)N(C(C)C)C1. The molecule has 0 bridgehead atoms. The minimum atomic E-state index is -0.179. The van der Waals surface area contributed by atoms with Crippen LogP contribution in [0.3, 0.4) is 0 Å². The number of carbonyl (C=O) groups excluding carboxylic acids is 2. The molecule has 1 aliphatic heterocycles. The number of rotatable bonds is 4. The second-order valence-electron chi connectivity index (χ2n) is 5.29. The molecule has 1 aliphatic rings. The lowest BCUT2D eigenvalue weighted by Gasteiger charge is -2.21. The summed E-state index contributed by atoms with van der Waals surface area (Å²) < 4.78 is 0. The van der Waals surface area contributed by atoms with E-state index in [4.69, 9.17) is 0 Å². The summed E-state index contributed by atoms with van der Waals surface area (Å²) in [6, 6.07) is -0.0350. The van der Waals surface area contributed by atoms with Gasteiger partial charge in [0.2, 0.25) is 5.91 Å². The van der Waals surface area contributed by atoms with Gasteiger partial charge in [-0.15, -0.1) is 0 Å². The van der Waals surface area contributed by atoms with E-state index in [1.165, 1.54) is 0 Å². The van der Waals surface area contributed by atoms with Gasteiger partial charge >= 0.3 is 6.03 Å². The van der Waals surface area contributed by atoms with Crippen molar-refractivity contribution < 1.29 is 9.59 Å². The van der Waals surface area contributed by atoms with Crippen LogP contribution in [-0.4, -0.2) is 42.0 Å². The highest BCUT2D eigenvalue weighted by Gasteiger charge is 2.31. The summed E-state index contributed by atoms with van der Waals surface area (Å²) in [5, 5.41) is 5.62. The van der Waals surface area contributed by atoms with E-state index in [-0.39, 0.29) is 24.0 Å². The lowest BCUT2D eigenvalue weighted by molar-refractivity contribution is -0.129. The summed E-state index contributed by atoms with van der Waals surface area (Å²) in [5.74, 6) is 0.548. The third kappa shape index (κ3) is 4.24. The first kappa shape index (κ1) is 13.8. The molecule has 0 spiro atoms. The van der Waals surface area contributed by atoms with Gasteiger partial charge in [-0.1, -0.05) is 13.8 Å². The number of amides is 3. The Bertz CT molecular complexity index is 289. The van der Waals surface area contributed by atoms with Gasteiger partial charge in [-0.3, -0.25) is 4.79 Å². The first-order valence-electron chi connectivity index (χ1n) is 6.24. The van der Waals surface area contributed by atoms with Crippen molar-refractivity contribution in [3.63, 3.8) is 0 Å². The molecule has 0 aliphatic carbocycles. The highest BCUT2D eigenvalue weighted by atomic mass is 16.2. The van der Waals surface area contributed by atoms with Gasteiger partial charge in [0, 0.05) is 25.6 Å². The van der Waals surface area contributed by atoms with Crippen molar-refractivity contribution >= 4 is 11.9 Å². The molecule has 0 unspecified atom stereocenters. The van der Waals surface area contributed by atoms with E-state index in [0.29, 0.717) is 25.4 Å². The van der Waals surface area contributed by atoms with Crippen molar-refractivity contribution in [2.45, 2.75) is 46.2 Å². The monoisotopic (exact) mass is 241 g/mol. The van der Waals surface area contributed by atoms with Gasteiger partial charge in [-0.25, -0.2) is 4.79 Å². The minimum absolute atomic E-state index is 0.0583. The van der Waals surface area contributed by atoms with Crippen LogP contribution in [0.2, 0.25) is 0 Å². The number of nitrogens with zero attached hydrogens (tertiary/aromatic N) is 1. The predicted octanol–water partition coefficient (Wildman–Crippen LogP) is 0.951. The normalized spacial score (nSPS) is 20.2. The quantitative estimate of drug-likeness (QED) is 0.770. The van der Waals surface area contributed by atoms with Crippen molar-refractivity contribution in [3.05, 3.63) is 0 Å². The number of nitrogens with one attached hydrogen (secondary N) is 2. The molecule has 1 saturated heterocycles. The maximum absolute atomic E-state index is 11.6. The molecule has 17 heavy (non-hydrogen) atoms. The molecule has 1 atom stereocenters. The molecule has 0 aromatic rings. The predicted molar refractivity (Wildman–Crippen MR) is 66.6 cm³/mol. The molecule has 0 saturated carbocycles. The van der Waals surface area contributed by atoms with Crippen molar-refractivity contribution in [1.82, 2.24) is 15.5 Å². The van der Waals surface area contributed by atoms with E-state index >= 15 is 0 Å². The number of hydrogen-bond acceptors (Lipinski definition) is 2. The second-order valence-corrected chi connectivity index (χ2v) is 5.29. The summed E-state index contributed by atoms with van der Waals surface area (Å²) >= 11 is 0. The van der Waals surface area contributed by atoms with Crippen LogP contribution in [0.1, 0.15) is 34.1 Å². The van der Waals surface area contributed by atoms with Crippen LogP contribution in [0.4, 0.5) is 4.79 Å². The smallest absolute Gasteiger partial charge is 0.315 e. The van der Waals surface area contributed by atoms with Crippen LogP contribution in [0.25, 0.3) is 0 Å². The van der Waals surface area contributed by atoms with Gasteiger partial charge in [0.15, 0.2) is 0 Å². The summed E-state index contributed by atoms with van der Waals surface area (Å²) in [6.07, 6.45) is 0.410. The fourth-order valence-corrected chi connectivity index (χ4v) is 1.86. The highest BCUT2D eigenvalue weighted by molar-refractivity contribution is 5.81. The molecule has 3 amide bonds. The lowest BCUT2D eigenvalue weighted by atomic mass is 10.2. The average Bonchev–Trinajstić information content (AvgIpc) is 2.56. The largest absolute Gasteiger partial charge is 0.338 e. The lowest BCUT2D eigenvalue weighted by Crippen LogP contribution is -2.44. The molecule has 5 nitrogen and oxygen atoms in total. The van der Waals surface area contributed by atoms with Crippen LogP contribution < -0.4 is 10.6 Å². The average molecular weight is 241 g/mol.